The van der Waals surface area contributed by atoms with Gasteiger partial charge in [0.15, 0.2) is 42.4 Å². The zero-order valence-electron chi connectivity index (χ0n) is 71.9. The molecule has 1 saturated carbocycles. The lowest BCUT2D eigenvalue weighted by Gasteiger charge is -2.57. The van der Waals surface area contributed by atoms with Gasteiger partial charge < -0.3 is 133 Å². The number of anilines is 1. The molecular formula is C81H109N13O29. The maximum atomic E-state index is 12.6. The lowest BCUT2D eigenvalue weighted by atomic mass is 9.51. The van der Waals surface area contributed by atoms with Gasteiger partial charge in [0.1, 0.15) is 72.2 Å². The number of hydrogen-bond donors (Lipinski definition) is 12. The predicted molar refractivity (Wildman–Crippen MR) is 440 cm³/mol. The number of rotatable bonds is 14. The molecule has 1 spiro atoms. The lowest BCUT2D eigenvalue weighted by molar-refractivity contribution is -0.391. The number of aromatic nitrogens is 9. The van der Waals surface area contributed by atoms with Crippen molar-refractivity contribution in [2.75, 3.05) is 68.6 Å². The minimum absolute atomic E-state index is 0.00648. The number of Topliss-reactive ketones (excluding diaryl/α,β-unsaturated/α-hetero) is 2. The van der Waals surface area contributed by atoms with Crippen LogP contribution in [-0.4, -0.2) is 220 Å². The van der Waals surface area contributed by atoms with Gasteiger partial charge >= 0.3 is 30.4 Å². The van der Waals surface area contributed by atoms with E-state index in [1.165, 1.54) is 76.2 Å². The predicted octanol–water partition coefficient (Wildman–Crippen LogP) is 7.20. The van der Waals surface area contributed by atoms with Crippen molar-refractivity contribution in [2.45, 2.75) is 124 Å². The van der Waals surface area contributed by atoms with Crippen molar-refractivity contribution in [1.29, 1.82) is 0 Å². The van der Waals surface area contributed by atoms with E-state index in [1.54, 1.807) is 91.8 Å². The van der Waals surface area contributed by atoms with Gasteiger partial charge in [0.25, 0.3) is 0 Å². The summed E-state index contributed by atoms with van der Waals surface area (Å²) in [5.74, 6) is 8.49. The van der Waals surface area contributed by atoms with Gasteiger partial charge in [0, 0.05) is 126 Å². The van der Waals surface area contributed by atoms with Gasteiger partial charge in [-0.25, -0.2) is 38.7 Å². The summed E-state index contributed by atoms with van der Waals surface area (Å²) >= 11 is 0. The molecule has 1 saturated heterocycles. The highest BCUT2D eigenvalue weighted by Crippen LogP contribution is 2.63. The van der Waals surface area contributed by atoms with E-state index in [0.717, 1.165) is 76.8 Å². The van der Waals surface area contributed by atoms with Gasteiger partial charge in [-0.3, -0.25) is 23.9 Å². The molecular weight excluding hydrogens is 1620 g/mol. The first-order valence-electron chi connectivity index (χ1n) is 37.4. The molecule has 42 nitrogen and oxygen atoms in total. The number of piperidine rings is 1. The number of imidazole rings is 3. The standard InChI is InChI=1S/C19H21NO3.C14H17NO5.C14H15NO5.C12H15NO3.C7H9N3O5.C7H11N3O4.C5H9N3O.3CH4O/c1-2-8-20-9-7-19-12-4-6-15(22)18(19)23-17-14(21)5-3-11(16(17)19)10-13(12)20;2*1-7-5-10(16)12-11(13(7)17)9(8(2)15(12)3)6-20-14(18)19-4;1-6-4-9(15)11-10(12(6)16)8(5-14)7(2)13(11)3;1-9-5(4-15-7(11)14-2)8-3-6(9)10(12)13;1-10-5(4-13-7(11)12-2)9-3-6(10)14-8;1-8-4(6)2-7-5(8)3-9;3*1-2/h2-3,5,12-13,18,21H,1,4,6-10H2;5,16-17H,6H2,1-4H3;5H,6H2,1-4H3;4,14-16H,5H2,1-3H3;3H,4H2,1-2H3;3H,4,8H2,1-2H3;2,9H,3,6H2,1H3;3*2H,1H3/t12-,13+,18-,19-;;;;;;;;;/m0........./s1. The number of likely N-dealkylation sites (tertiary alicyclic amines) is 1. The molecule has 672 valence electrons. The Morgan fingerprint density at radius 1 is 0.634 bits per heavy atom. The molecule has 42 heteroatoms. The van der Waals surface area contributed by atoms with Crippen molar-refractivity contribution in [2.24, 2.45) is 54.1 Å². The molecule has 0 radical (unpaired) electrons. The van der Waals surface area contributed by atoms with Crippen LogP contribution in [0.15, 0.2) is 67.2 Å². The zero-order valence-corrected chi connectivity index (χ0v) is 71.9. The van der Waals surface area contributed by atoms with Crippen LogP contribution in [0.3, 0.4) is 0 Å². The first kappa shape index (κ1) is 100. The van der Waals surface area contributed by atoms with Crippen LogP contribution < -0.4 is 21.2 Å². The third-order valence-corrected chi connectivity index (χ3v) is 21.4. The average molecular weight is 1730 g/mol. The average Bonchev–Trinajstić information content (AvgIpc) is 1.55. The van der Waals surface area contributed by atoms with Crippen LogP contribution in [0.25, 0.3) is 21.8 Å². The Morgan fingerprint density at radius 2 is 1.11 bits per heavy atom. The van der Waals surface area contributed by atoms with Crippen LogP contribution in [0.5, 0.6) is 40.4 Å². The zero-order chi connectivity index (χ0) is 92.7. The second kappa shape index (κ2) is 44.9. The molecule has 8 heterocycles. The number of benzene rings is 3. The maximum absolute atomic E-state index is 12.6. The normalized spacial score (nSPS) is 15.6. The number of aromatic hydroxyl groups is 5. The SMILES string of the molecule is C=CCN1CC[C@]23c4c5ccc(O)c4O[C@H]2C(=O)CC[C@H]3[C@H]1C5.CO.CO.CO.COC(=O)OCc1c(C)n(C)c2c(O)cc(C)c(O)c12.COC(=O)OCc1c2c(n(C)c1C)C(=O)C=C(C)C2=O.COC(=O)OCc1ncc(ON)n1C.COC(=O)OCc1ncc([N+](=O)[O-])n1C.Cc1cc(O)c2c(c1O)c(CO)c(C)n2C.Cn1c(N)cnc1CO. The molecule has 2 fully saturated rings. The highest BCUT2D eigenvalue weighted by Gasteiger charge is 2.66. The number of hydrogen-bond acceptors (Lipinski definition) is 35. The Morgan fingerprint density at radius 3 is 1.57 bits per heavy atom. The minimum Gasteiger partial charge on any atom is -0.507 e. The summed E-state index contributed by atoms with van der Waals surface area (Å²) in [5, 5.41) is 101. The number of phenols is 5. The fourth-order valence-electron chi connectivity index (χ4n) is 15.0. The van der Waals surface area contributed by atoms with E-state index in [-0.39, 0.29) is 103 Å². The highest BCUT2D eigenvalue weighted by atomic mass is 16.7. The number of nitro groups is 1. The number of carbonyl (C=O) groups is 7. The van der Waals surface area contributed by atoms with Crippen LogP contribution in [0.2, 0.25) is 0 Å². The van der Waals surface area contributed by atoms with Crippen molar-refractivity contribution in [3.05, 3.63) is 162 Å². The number of methoxy groups -OCH3 is 4. The molecule has 3 aromatic carbocycles. The molecule has 3 aliphatic carbocycles. The van der Waals surface area contributed by atoms with Crippen LogP contribution in [0.1, 0.15) is 121 Å². The van der Waals surface area contributed by atoms with E-state index in [4.69, 9.17) is 46.3 Å². The van der Waals surface area contributed by atoms with Crippen LogP contribution >= 0.6 is 0 Å². The van der Waals surface area contributed by atoms with E-state index in [0.29, 0.717) is 120 Å². The summed E-state index contributed by atoms with van der Waals surface area (Å²) < 4.78 is 52.1. The second-order valence-electron chi connectivity index (χ2n) is 27.6. The van der Waals surface area contributed by atoms with Gasteiger partial charge in [-0.2, -0.15) is 5.90 Å². The quantitative estimate of drug-likeness (QED) is 0.0128. The van der Waals surface area contributed by atoms with Gasteiger partial charge in [0.2, 0.25) is 17.5 Å². The van der Waals surface area contributed by atoms with E-state index in [2.05, 4.69) is 59.7 Å². The summed E-state index contributed by atoms with van der Waals surface area (Å²) in [6.07, 6.45) is 7.15. The van der Waals surface area contributed by atoms with Gasteiger partial charge in [-0.05, 0) is 119 Å². The Labute approximate surface area is 706 Å². The molecule has 2 aliphatic heterocycles. The monoisotopic (exact) mass is 1730 g/mol. The van der Waals surface area contributed by atoms with Crippen LogP contribution in [-0.2, 0) is 136 Å². The number of aliphatic hydroxyl groups excluding tert-OH is 5. The molecule has 9 aromatic rings. The summed E-state index contributed by atoms with van der Waals surface area (Å²) in [7, 11) is 18.0. The number of carbonyl (C=O) groups excluding carboxylic acids is 7. The minimum atomic E-state index is -0.861. The number of nitrogens with zero attached hydrogens (tertiary/aromatic N) is 11. The molecule has 123 heavy (non-hydrogen) atoms. The number of fused-ring (bicyclic) bond motifs is 3. The second-order valence-corrected chi connectivity index (χ2v) is 27.6. The van der Waals surface area contributed by atoms with Gasteiger partial charge in [0.05, 0.1) is 81.9 Å². The van der Waals surface area contributed by atoms with E-state index in [9.17, 15) is 74.3 Å². The number of nitrogen functional groups attached to an aromatic ring is 1. The van der Waals surface area contributed by atoms with Crippen LogP contribution in [0.4, 0.5) is 30.8 Å². The van der Waals surface area contributed by atoms with Crippen LogP contribution in [0, 0.1) is 50.7 Å². The number of ketones is 3. The number of nitrogens with two attached hydrogens (primary N) is 2. The summed E-state index contributed by atoms with van der Waals surface area (Å²) in [5.41, 5.74) is 15.0. The molecule has 14 N–H and O–H groups in total. The number of aliphatic hydroxyl groups is 5. The molecule has 6 aromatic heterocycles. The van der Waals surface area contributed by atoms with Gasteiger partial charge in [-0.1, -0.05) is 12.1 Å². The van der Waals surface area contributed by atoms with Crippen molar-refractivity contribution < 1.29 is 137 Å². The Kier molecular flexibility index (Phi) is 36.6. The molecule has 14 rings (SSSR count). The Balaban J connectivity index is 0.000000256. The fraction of sp³-hybridized carbons (Fsp3) is 0.432. The third-order valence-electron chi connectivity index (χ3n) is 21.4. The van der Waals surface area contributed by atoms with E-state index < -0.39 is 35.6 Å². The largest absolute Gasteiger partial charge is 0.508 e. The molecule has 2 bridgehead atoms. The topological polar surface area (TPSA) is 581 Å². The summed E-state index contributed by atoms with van der Waals surface area (Å²) in [6.45, 7) is 15.7. The van der Waals surface area contributed by atoms with Gasteiger partial charge in [-0.15, -0.1) is 6.58 Å². The first-order valence-corrected chi connectivity index (χ1v) is 37.4. The highest BCUT2D eigenvalue weighted by molar-refractivity contribution is 6.24. The number of ether oxygens (including phenoxy) is 9. The maximum Gasteiger partial charge on any atom is 0.508 e. The molecule has 5 aliphatic rings. The van der Waals surface area contributed by atoms with E-state index in [1.807, 2.05) is 26.0 Å². The van der Waals surface area contributed by atoms with E-state index >= 15 is 0 Å². The Hall–Kier alpha value is -13.3. The summed E-state index contributed by atoms with van der Waals surface area (Å²) in [4.78, 5) is 109. The summed E-state index contributed by atoms with van der Waals surface area (Å²) in [6, 6.07) is 7.23. The molecule has 0 unspecified atom stereocenters. The van der Waals surface area contributed by atoms with Crippen molar-refractivity contribution in [3.63, 3.8) is 0 Å². The fourth-order valence-corrected chi connectivity index (χ4v) is 15.0. The lowest BCUT2D eigenvalue weighted by Crippen LogP contribution is -2.66. The van der Waals surface area contributed by atoms with Crippen molar-refractivity contribution >= 4 is 75.4 Å². The molecule has 0 amide bonds. The molecule has 4 atom stereocenters. The number of phenolic OH excluding ortho intramolecular Hbond substituents is 5. The number of aryl methyl sites for hydroxylation is 4. The smallest absolute Gasteiger partial charge is 0.507 e. The number of allylic oxidation sites excluding steroid dienone is 2. The van der Waals surface area contributed by atoms with Crippen molar-refractivity contribution in [1.82, 2.24) is 47.3 Å². The van der Waals surface area contributed by atoms with Crippen molar-refractivity contribution in [3.8, 4) is 40.4 Å². The third kappa shape index (κ3) is 21.4. The first-order chi connectivity index (χ1) is 58.4. The Bertz CT molecular complexity index is 5340.